The molecule has 0 bridgehead atoms. The maximum Gasteiger partial charge on any atom is 0.251 e. The number of ether oxygens (including phenoxy) is 2. The van der Waals surface area contributed by atoms with E-state index in [1.807, 2.05) is 24.3 Å². The summed E-state index contributed by atoms with van der Waals surface area (Å²) in [5, 5.41) is 6.49. The van der Waals surface area contributed by atoms with Crippen molar-refractivity contribution < 1.29 is 14.3 Å². The van der Waals surface area contributed by atoms with Gasteiger partial charge in [0, 0.05) is 24.6 Å². The summed E-state index contributed by atoms with van der Waals surface area (Å²) in [6, 6.07) is 7.54. The summed E-state index contributed by atoms with van der Waals surface area (Å²) in [5.74, 6) is 1.51. The van der Waals surface area contributed by atoms with Gasteiger partial charge in [-0.15, -0.1) is 12.4 Å². The Hall–Kier alpha value is -1.30. The minimum Gasteiger partial charge on any atom is -0.493 e. The average molecular weight is 411 g/mol. The fourth-order valence-corrected chi connectivity index (χ4v) is 4.28. The van der Waals surface area contributed by atoms with Crippen LogP contribution in [-0.2, 0) is 4.74 Å². The largest absolute Gasteiger partial charge is 0.493 e. The van der Waals surface area contributed by atoms with Gasteiger partial charge in [-0.3, -0.25) is 4.79 Å². The van der Waals surface area contributed by atoms with Crippen LogP contribution in [0.5, 0.6) is 5.75 Å². The number of hydrogen-bond acceptors (Lipinski definition) is 4. The number of hydrogen-bond donors (Lipinski definition) is 2. The maximum absolute atomic E-state index is 12.5. The van der Waals surface area contributed by atoms with Crippen molar-refractivity contribution in [3.8, 4) is 5.75 Å². The monoisotopic (exact) mass is 410 g/mol. The third-order valence-electron chi connectivity index (χ3n) is 6.07. The zero-order valence-corrected chi connectivity index (χ0v) is 17.8. The first kappa shape index (κ1) is 23.0. The van der Waals surface area contributed by atoms with Gasteiger partial charge in [0.15, 0.2) is 0 Å². The van der Waals surface area contributed by atoms with Gasteiger partial charge in [-0.2, -0.15) is 0 Å². The molecule has 0 radical (unpaired) electrons. The van der Waals surface area contributed by atoms with Crippen LogP contribution in [0.25, 0.3) is 0 Å². The van der Waals surface area contributed by atoms with Gasteiger partial charge in [-0.05, 0) is 69.0 Å². The van der Waals surface area contributed by atoms with E-state index in [-0.39, 0.29) is 23.7 Å². The van der Waals surface area contributed by atoms with Crippen molar-refractivity contribution in [1.82, 2.24) is 10.6 Å². The van der Waals surface area contributed by atoms with Gasteiger partial charge in [-0.25, -0.2) is 0 Å². The molecule has 1 aromatic carbocycles. The van der Waals surface area contributed by atoms with Crippen molar-refractivity contribution in [1.29, 1.82) is 0 Å². The Labute approximate surface area is 175 Å². The molecule has 2 aliphatic rings. The third kappa shape index (κ3) is 6.64. The van der Waals surface area contributed by atoms with Crippen molar-refractivity contribution in [3.63, 3.8) is 0 Å². The fourth-order valence-electron chi connectivity index (χ4n) is 4.28. The first-order valence-electron chi connectivity index (χ1n) is 10.4. The average Bonchev–Trinajstić information content (AvgIpc) is 2.73. The van der Waals surface area contributed by atoms with Crippen LogP contribution in [0.15, 0.2) is 24.3 Å². The molecule has 0 unspecified atom stereocenters. The van der Waals surface area contributed by atoms with Gasteiger partial charge in [0.2, 0.25) is 0 Å². The Bertz CT molecular complexity index is 576. The first-order valence-corrected chi connectivity index (χ1v) is 10.4. The van der Waals surface area contributed by atoms with Gasteiger partial charge in [0.25, 0.3) is 5.91 Å². The number of halogens is 1. The lowest BCUT2D eigenvalue weighted by atomic mass is 9.79. The molecule has 0 aromatic heterocycles. The molecule has 1 saturated carbocycles. The normalized spacial score (nSPS) is 19.5. The van der Waals surface area contributed by atoms with Gasteiger partial charge in [0.05, 0.1) is 13.2 Å². The Morgan fingerprint density at radius 2 is 1.82 bits per heavy atom. The minimum atomic E-state index is -0.0251. The summed E-state index contributed by atoms with van der Waals surface area (Å²) in [6.45, 7) is 4.09. The Morgan fingerprint density at radius 3 is 2.46 bits per heavy atom. The first-order chi connectivity index (χ1) is 13.2. The zero-order chi connectivity index (χ0) is 19.0. The molecule has 6 heteroatoms. The molecule has 3 rings (SSSR count). The van der Waals surface area contributed by atoms with Crippen LogP contribution in [0.4, 0.5) is 0 Å². The molecule has 0 atom stereocenters. The lowest BCUT2D eigenvalue weighted by molar-refractivity contribution is 0.0511. The van der Waals surface area contributed by atoms with E-state index < -0.39 is 0 Å². The van der Waals surface area contributed by atoms with Crippen molar-refractivity contribution in [2.75, 3.05) is 40.0 Å². The van der Waals surface area contributed by atoms with Gasteiger partial charge in [-0.1, -0.05) is 19.3 Å². The van der Waals surface area contributed by atoms with Gasteiger partial charge < -0.3 is 20.1 Å². The van der Waals surface area contributed by atoms with Gasteiger partial charge in [0.1, 0.15) is 5.75 Å². The van der Waals surface area contributed by atoms with E-state index in [4.69, 9.17) is 9.47 Å². The van der Waals surface area contributed by atoms with Crippen LogP contribution in [0.2, 0.25) is 0 Å². The van der Waals surface area contributed by atoms with Crippen molar-refractivity contribution in [2.45, 2.75) is 44.9 Å². The number of rotatable bonds is 8. The Kier molecular flexibility index (Phi) is 9.56. The molecule has 5 nitrogen and oxygen atoms in total. The van der Waals surface area contributed by atoms with Crippen molar-refractivity contribution >= 4 is 18.3 Å². The number of benzene rings is 1. The number of carbonyl (C=O) groups excluding carboxylic acids is 1. The van der Waals surface area contributed by atoms with Crippen LogP contribution in [0, 0.1) is 11.3 Å². The summed E-state index contributed by atoms with van der Waals surface area (Å²) < 4.78 is 11.3. The highest BCUT2D eigenvalue weighted by atomic mass is 35.5. The number of piperidine rings is 1. The molecule has 1 saturated heterocycles. The summed E-state index contributed by atoms with van der Waals surface area (Å²) in [5.41, 5.74) is 0.722. The lowest BCUT2D eigenvalue weighted by Crippen LogP contribution is -2.47. The summed E-state index contributed by atoms with van der Waals surface area (Å²) in [6.07, 6.45) is 8.62. The molecule has 2 N–H and O–H groups in total. The molecule has 158 valence electrons. The van der Waals surface area contributed by atoms with E-state index in [9.17, 15) is 4.79 Å². The van der Waals surface area contributed by atoms with E-state index in [1.54, 1.807) is 7.11 Å². The zero-order valence-electron chi connectivity index (χ0n) is 17.0. The number of carbonyl (C=O) groups is 1. The molecule has 1 amide bonds. The second-order valence-corrected chi connectivity index (χ2v) is 8.21. The maximum atomic E-state index is 12.5. The van der Waals surface area contributed by atoms with E-state index in [0.717, 1.165) is 38.3 Å². The highest BCUT2D eigenvalue weighted by molar-refractivity contribution is 5.94. The van der Waals surface area contributed by atoms with Crippen LogP contribution >= 0.6 is 12.4 Å². The Morgan fingerprint density at radius 1 is 1.14 bits per heavy atom. The number of amides is 1. The molecular formula is C22H35ClN2O3. The highest BCUT2D eigenvalue weighted by Gasteiger charge is 2.32. The van der Waals surface area contributed by atoms with Crippen molar-refractivity contribution in [3.05, 3.63) is 29.8 Å². The van der Waals surface area contributed by atoms with Crippen molar-refractivity contribution in [2.24, 2.45) is 11.3 Å². The predicted molar refractivity (Wildman–Crippen MR) is 115 cm³/mol. The summed E-state index contributed by atoms with van der Waals surface area (Å²) in [7, 11) is 1.73. The van der Waals surface area contributed by atoms with Crippen LogP contribution < -0.4 is 15.4 Å². The SMILES string of the molecule is COCC1(CNC(=O)c2ccc(OCC3CCCCC3)cc2)CCNCC1.Cl. The van der Waals surface area contributed by atoms with E-state index in [2.05, 4.69) is 10.6 Å². The fraction of sp³-hybridized carbons (Fsp3) is 0.682. The smallest absolute Gasteiger partial charge is 0.251 e. The number of nitrogens with one attached hydrogen (secondary N) is 2. The molecule has 0 spiro atoms. The predicted octanol–water partition coefficient (Wildman–Crippen LogP) is 3.81. The van der Waals surface area contributed by atoms with E-state index >= 15 is 0 Å². The summed E-state index contributed by atoms with van der Waals surface area (Å²) in [4.78, 5) is 12.5. The second kappa shape index (κ2) is 11.6. The minimum absolute atomic E-state index is 0. The third-order valence-corrected chi connectivity index (χ3v) is 6.07. The Balaban J connectivity index is 0.00000280. The summed E-state index contributed by atoms with van der Waals surface area (Å²) >= 11 is 0. The molecular weight excluding hydrogens is 376 g/mol. The van der Waals surface area contributed by atoms with E-state index in [1.165, 1.54) is 32.1 Å². The van der Waals surface area contributed by atoms with Crippen LogP contribution in [-0.4, -0.2) is 45.9 Å². The molecule has 2 fully saturated rings. The molecule has 1 aliphatic carbocycles. The molecule has 1 aliphatic heterocycles. The standard InChI is InChI=1S/C22H34N2O3.ClH/c1-26-17-22(11-13-23-14-12-22)16-24-21(25)19-7-9-20(10-8-19)27-15-18-5-3-2-4-6-18;/h7-10,18,23H,2-6,11-17H2,1H3,(H,24,25);1H. The molecule has 28 heavy (non-hydrogen) atoms. The highest BCUT2D eigenvalue weighted by Crippen LogP contribution is 2.28. The van der Waals surface area contributed by atoms with E-state index in [0.29, 0.717) is 24.6 Å². The van der Waals surface area contributed by atoms with Crippen LogP contribution in [0.1, 0.15) is 55.3 Å². The van der Waals surface area contributed by atoms with Gasteiger partial charge >= 0.3 is 0 Å². The molecule has 1 aromatic rings. The number of methoxy groups -OCH3 is 1. The van der Waals surface area contributed by atoms with Crippen LogP contribution in [0.3, 0.4) is 0 Å². The lowest BCUT2D eigenvalue weighted by Gasteiger charge is -2.37. The molecule has 1 heterocycles. The topological polar surface area (TPSA) is 59.6 Å². The quantitative estimate of drug-likeness (QED) is 0.684. The second-order valence-electron chi connectivity index (χ2n) is 8.21.